The highest BCUT2D eigenvalue weighted by atomic mass is 16.4. The molecule has 1 unspecified atom stereocenters. The minimum Gasteiger partial charge on any atom is -0.455 e. The van der Waals surface area contributed by atoms with Crippen LogP contribution in [0.4, 0.5) is 0 Å². The van der Waals surface area contributed by atoms with E-state index in [0.29, 0.717) is 48.7 Å². The van der Waals surface area contributed by atoms with Crippen molar-refractivity contribution >= 4 is 11.7 Å². The number of ketones is 1. The van der Waals surface area contributed by atoms with Crippen molar-refractivity contribution in [3.8, 4) is 0 Å². The molecule has 1 aliphatic heterocycles. The molecule has 1 amide bonds. The van der Waals surface area contributed by atoms with E-state index in [1.165, 1.54) is 0 Å². The van der Waals surface area contributed by atoms with Crippen molar-refractivity contribution in [3.63, 3.8) is 0 Å². The Morgan fingerprint density at radius 3 is 2.81 bits per heavy atom. The van der Waals surface area contributed by atoms with Gasteiger partial charge in [-0.2, -0.15) is 0 Å². The fourth-order valence-corrected chi connectivity index (χ4v) is 3.36. The Labute approximate surface area is 124 Å². The van der Waals surface area contributed by atoms with E-state index in [1.54, 1.807) is 4.90 Å². The molecule has 114 valence electrons. The molecule has 2 aliphatic rings. The number of amides is 1. The zero-order valence-corrected chi connectivity index (χ0v) is 12.7. The summed E-state index contributed by atoms with van der Waals surface area (Å²) in [6.45, 7) is 5.84. The third-order valence-electron chi connectivity index (χ3n) is 4.84. The minimum absolute atomic E-state index is 0.00834. The van der Waals surface area contributed by atoms with E-state index < -0.39 is 0 Å². The molecule has 5 nitrogen and oxygen atoms in total. The Bertz CT molecular complexity index is 605. The molecule has 5 heteroatoms. The van der Waals surface area contributed by atoms with Gasteiger partial charge < -0.3 is 15.1 Å². The third-order valence-corrected chi connectivity index (χ3v) is 4.84. The average Bonchev–Trinajstić information content (AvgIpc) is 3.01. The predicted octanol–water partition coefficient (Wildman–Crippen LogP) is 1.92. The Hall–Kier alpha value is -1.62. The number of aryl methyl sites for hydroxylation is 1. The maximum atomic E-state index is 12.7. The van der Waals surface area contributed by atoms with Crippen LogP contribution in [0.2, 0.25) is 0 Å². The van der Waals surface area contributed by atoms with Crippen LogP contribution in [-0.2, 0) is 6.42 Å². The van der Waals surface area contributed by atoms with Crippen LogP contribution < -0.4 is 5.73 Å². The molecule has 21 heavy (non-hydrogen) atoms. The summed E-state index contributed by atoms with van der Waals surface area (Å²) in [6, 6.07) is 0. The fraction of sp³-hybridized carbons (Fsp3) is 0.625. The van der Waals surface area contributed by atoms with Gasteiger partial charge in [0.1, 0.15) is 5.76 Å². The van der Waals surface area contributed by atoms with Crippen molar-refractivity contribution in [2.45, 2.75) is 39.5 Å². The molecule has 1 fully saturated rings. The van der Waals surface area contributed by atoms with Crippen molar-refractivity contribution in [1.82, 2.24) is 4.90 Å². The normalized spacial score (nSPS) is 25.3. The standard InChI is InChI=1S/C16H22N2O3/c1-10-13-11(19)4-3-5-12(13)21-14(10)15(20)18-7-6-16(2,8-17)9-18/h3-9,17H2,1-2H3. The van der Waals surface area contributed by atoms with Crippen molar-refractivity contribution in [1.29, 1.82) is 0 Å². The summed E-state index contributed by atoms with van der Waals surface area (Å²) in [4.78, 5) is 26.5. The molecule has 1 aromatic heterocycles. The summed E-state index contributed by atoms with van der Waals surface area (Å²) in [5.41, 5.74) is 7.14. The van der Waals surface area contributed by atoms with Crippen molar-refractivity contribution < 1.29 is 14.0 Å². The molecule has 1 atom stereocenters. The van der Waals surface area contributed by atoms with Crippen molar-refractivity contribution in [2.75, 3.05) is 19.6 Å². The summed E-state index contributed by atoms with van der Waals surface area (Å²) < 4.78 is 5.74. The number of rotatable bonds is 2. The third kappa shape index (κ3) is 2.29. The predicted molar refractivity (Wildman–Crippen MR) is 78.4 cm³/mol. The number of carbonyl (C=O) groups is 2. The van der Waals surface area contributed by atoms with Crippen LogP contribution in [0, 0.1) is 12.3 Å². The van der Waals surface area contributed by atoms with Gasteiger partial charge in [0, 0.05) is 31.5 Å². The zero-order valence-electron chi connectivity index (χ0n) is 12.7. The summed E-state index contributed by atoms with van der Waals surface area (Å²) in [6.07, 6.45) is 3.01. The number of carbonyl (C=O) groups excluding carboxylic acids is 2. The lowest BCUT2D eigenvalue weighted by Gasteiger charge is -2.22. The molecule has 2 heterocycles. The number of furan rings is 1. The first kappa shape index (κ1) is 14.3. The lowest BCUT2D eigenvalue weighted by Crippen LogP contribution is -2.34. The maximum absolute atomic E-state index is 12.7. The first-order chi connectivity index (χ1) is 9.95. The summed E-state index contributed by atoms with van der Waals surface area (Å²) >= 11 is 0. The summed E-state index contributed by atoms with van der Waals surface area (Å²) in [5, 5.41) is 0. The lowest BCUT2D eigenvalue weighted by molar-refractivity contribution is 0.0741. The van der Waals surface area contributed by atoms with E-state index in [-0.39, 0.29) is 17.1 Å². The van der Waals surface area contributed by atoms with E-state index in [9.17, 15) is 9.59 Å². The fourth-order valence-electron chi connectivity index (χ4n) is 3.36. The largest absolute Gasteiger partial charge is 0.455 e. The van der Waals surface area contributed by atoms with Crippen molar-refractivity contribution in [3.05, 3.63) is 22.6 Å². The van der Waals surface area contributed by atoms with Gasteiger partial charge in [-0.25, -0.2) is 0 Å². The second-order valence-corrected chi connectivity index (χ2v) is 6.62. The number of fused-ring (bicyclic) bond motifs is 1. The van der Waals surface area contributed by atoms with Gasteiger partial charge in [-0.3, -0.25) is 9.59 Å². The van der Waals surface area contributed by atoms with E-state index in [4.69, 9.17) is 10.2 Å². The van der Waals surface area contributed by atoms with E-state index in [1.807, 2.05) is 6.92 Å². The number of hydrogen-bond acceptors (Lipinski definition) is 4. The van der Waals surface area contributed by atoms with Gasteiger partial charge in [0.15, 0.2) is 11.5 Å². The molecule has 0 radical (unpaired) electrons. The molecule has 0 saturated carbocycles. The number of nitrogens with two attached hydrogens (primary N) is 1. The molecule has 0 aromatic carbocycles. The van der Waals surface area contributed by atoms with E-state index in [2.05, 4.69) is 6.92 Å². The number of likely N-dealkylation sites (tertiary alicyclic amines) is 1. The van der Waals surface area contributed by atoms with Crippen LogP contribution in [0.15, 0.2) is 4.42 Å². The smallest absolute Gasteiger partial charge is 0.289 e. The Morgan fingerprint density at radius 2 is 2.19 bits per heavy atom. The Balaban J connectivity index is 1.88. The van der Waals surface area contributed by atoms with Crippen molar-refractivity contribution in [2.24, 2.45) is 11.1 Å². The van der Waals surface area contributed by atoms with Gasteiger partial charge in [0.2, 0.25) is 0 Å². The molecule has 3 rings (SSSR count). The minimum atomic E-state index is -0.105. The van der Waals surface area contributed by atoms with Crippen LogP contribution in [0.3, 0.4) is 0 Å². The number of Topliss-reactive ketones (excluding diaryl/α,β-unsaturated/α-hetero) is 1. The highest BCUT2D eigenvalue weighted by Crippen LogP contribution is 2.33. The average molecular weight is 290 g/mol. The van der Waals surface area contributed by atoms with Gasteiger partial charge in [0.05, 0.1) is 5.56 Å². The Kier molecular flexibility index (Phi) is 3.40. The van der Waals surface area contributed by atoms with Crippen LogP contribution in [-0.4, -0.2) is 36.2 Å². The molecule has 1 saturated heterocycles. The Morgan fingerprint density at radius 1 is 1.43 bits per heavy atom. The topological polar surface area (TPSA) is 76.5 Å². The highest BCUT2D eigenvalue weighted by Gasteiger charge is 2.38. The van der Waals surface area contributed by atoms with Crippen LogP contribution >= 0.6 is 0 Å². The second kappa shape index (κ2) is 4.98. The molecule has 0 spiro atoms. The monoisotopic (exact) mass is 290 g/mol. The maximum Gasteiger partial charge on any atom is 0.289 e. The van der Waals surface area contributed by atoms with Crippen LogP contribution in [0.25, 0.3) is 0 Å². The molecule has 1 aromatic rings. The quantitative estimate of drug-likeness (QED) is 0.902. The first-order valence-corrected chi connectivity index (χ1v) is 7.60. The first-order valence-electron chi connectivity index (χ1n) is 7.60. The zero-order chi connectivity index (χ0) is 15.2. The molecular formula is C16H22N2O3. The SMILES string of the molecule is Cc1c(C(=O)N2CCC(C)(CN)C2)oc2c1C(=O)CCC2. The van der Waals surface area contributed by atoms with Gasteiger partial charge in [-0.1, -0.05) is 6.92 Å². The van der Waals surface area contributed by atoms with Gasteiger partial charge in [0.25, 0.3) is 5.91 Å². The van der Waals surface area contributed by atoms with Crippen LogP contribution in [0.1, 0.15) is 58.4 Å². The summed E-state index contributed by atoms with van der Waals surface area (Å²) in [5.74, 6) is 1.03. The van der Waals surface area contributed by atoms with E-state index >= 15 is 0 Å². The van der Waals surface area contributed by atoms with Gasteiger partial charge in [-0.05, 0) is 31.7 Å². The molecule has 1 aliphatic carbocycles. The van der Waals surface area contributed by atoms with E-state index in [0.717, 1.165) is 19.3 Å². The second-order valence-electron chi connectivity index (χ2n) is 6.62. The summed E-state index contributed by atoms with van der Waals surface area (Å²) in [7, 11) is 0. The molecular weight excluding hydrogens is 268 g/mol. The number of hydrogen-bond donors (Lipinski definition) is 1. The molecule has 2 N–H and O–H groups in total. The van der Waals surface area contributed by atoms with Gasteiger partial charge >= 0.3 is 0 Å². The highest BCUT2D eigenvalue weighted by molar-refractivity contribution is 6.03. The van der Waals surface area contributed by atoms with Crippen LogP contribution in [0.5, 0.6) is 0 Å². The molecule has 0 bridgehead atoms. The lowest BCUT2D eigenvalue weighted by atomic mass is 9.90. The number of nitrogens with zero attached hydrogens (tertiary/aromatic N) is 1. The van der Waals surface area contributed by atoms with Gasteiger partial charge in [-0.15, -0.1) is 0 Å².